The molecule has 0 fully saturated rings. The summed E-state index contributed by atoms with van der Waals surface area (Å²) in [4.78, 5) is 39.2. The molecule has 0 saturated carbocycles. The number of carbonyl (C=O) groups is 3. The Morgan fingerprint density at radius 2 is 1.89 bits per heavy atom. The van der Waals surface area contributed by atoms with Crippen LogP contribution in [-0.2, 0) is 36.8 Å². The van der Waals surface area contributed by atoms with Gasteiger partial charge in [-0.3, -0.25) is 14.9 Å². The fourth-order valence-electron chi connectivity index (χ4n) is 2.04. The van der Waals surface area contributed by atoms with Gasteiger partial charge in [0.25, 0.3) is 5.91 Å². The number of aromatic nitrogens is 1. The highest BCUT2D eigenvalue weighted by molar-refractivity contribution is 7.13. The average molecular weight is 406 g/mol. The van der Waals surface area contributed by atoms with Crippen molar-refractivity contribution in [2.45, 2.75) is 33.0 Å². The predicted octanol–water partition coefficient (Wildman–Crippen LogP) is 2.58. The molecule has 2 aromatic rings. The van der Waals surface area contributed by atoms with Crippen molar-refractivity contribution < 1.29 is 28.6 Å². The molecular formula is C19H22N2O6S. The Balaban J connectivity index is 1.79. The molecule has 0 spiro atoms. The summed E-state index contributed by atoms with van der Waals surface area (Å²) in [5.74, 6) is -1.54. The predicted molar refractivity (Wildman–Crippen MR) is 103 cm³/mol. The van der Waals surface area contributed by atoms with Gasteiger partial charge in [-0.2, -0.15) is 0 Å². The van der Waals surface area contributed by atoms with Crippen molar-refractivity contribution in [2.24, 2.45) is 0 Å². The van der Waals surface area contributed by atoms with Gasteiger partial charge in [0.1, 0.15) is 0 Å². The van der Waals surface area contributed by atoms with E-state index in [0.29, 0.717) is 23.0 Å². The number of methoxy groups -OCH3 is 1. The molecule has 150 valence electrons. The van der Waals surface area contributed by atoms with Crippen LogP contribution in [0, 0.1) is 0 Å². The Hall–Kier alpha value is -2.78. The standard InChI is InChI=1S/C19H22N2O6S/c1-12(2)26-9-13-4-6-14(7-5-13)18(24)27-10-16(22)21-19-20-15(11-28-19)8-17(23)25-3/h4-7,11-12H,8-10H2,1-3H3,(H,20,21,22). The van der Waals surface area contributed by atoms with Crippen LogP contribution in [0.25, 0.3) is 0 Å². The van der Waals surface area contributed by atoms with E-state index < -0.39 is 24.5 Å². The number of nitrogens with one attached hydrogen (secondary N) is 1. The number of esters is 2. The zero-order valence-corrected chi connectivity index (χ0v) is 16.7. The minimum atomic E-state index is -0.600. The first kappa shape index (κ1) is 21.5. The van der Waals surface area contributed by atoms with Gasteiger partial charge in [0.15, 0.2) is 11.7 Å². The number of hydrogen-bond acceptors (Lipinski definition) is 8. The van der Waals surface area contributed by atoms with Gasteiger partial charge in [-0.1, -0.05) is 12.1 Å². The zero-order valence-electron chi connectivity index (χ0n) is 15.9. The highest BCUT2D eigenvalue weighted by Gasteiger charge is 2.13. The van der Waals surface area contributed by atoms with Crippen LogP contribution in [0.2, 0.25) is 0 Å². The lowest BCUT2D eigenvalue weighted by molar-refractivity contribution is -0.139. The fourth-order valence-corrected chi connectivity index (χ4v) is 2.76. The van der Waals surface area contributed by atoms with Gasteiger partial charge in [-0.25, -0.2) is 9.78 Å². The number of benzene rings is 1. The van der Waals surface area contributed by atoms with E-state index >= 15 is 0 Å². The molecular weight excluding hydrogens is 384 g/mol. The third-order valence-electron chi connectivity index (χ3n) is 3.46. The molecule has 1 aromatic heterocycles. The second-order valence-corrected chi connectivity index (χ2v) is 6.94. The van der Waals surface area contributed by atoms with Gasteiger partial charge < -0.3 is 14.2 Å². The molecule has 0 unspecified atom stereocenters. The molecule has 0 atom stereocenters. The van der Waals surface area contributed by atoms with Crippen LogP contribution in [0.15, 0.2) is 29.6 Å². The number of rotatable bonds is 9. The van der Waals surface area contributed by atoms with Crippen molar-refractivity contribution in [3.8, 4) is 0 Å². The fraction of sp³-hybridized carbons (Fsp3) is 0.368. The van der Waals surface area contributed by atoms with Gasteiger partial charge in [0.05, 0.1) is 37.5 Å². The summed E-state index contributed by atoms with van der Waals surface area (Å²) in [6.45, 7) is 3.91. The molecule has 0 aliphatic heterocycles. The normalized spacial score (nSPS) is 10.6. The van der Waals surface area contributed by atoms with E-state index in [1.165, 1.54) is 18.4 Å². The van der Waals surface area contributed by atoms with Crippen LogP contribution >= 0.6 is 11.3 Å². The third kappa shape index (κ3) is 7.09. The first-order chi connectivity index (χ1) is 13.4. The first-order valence-corrected chi connectivity index (χ1v) is 9.44. The Morgan fingerprint density at radius 3 is 2.54 bits per heavy atom. The van der Waals surface area contributed by atoms with Gasteiger partial charge in [0, 0.05) is 5.38 Å². The molecule has 1 aromatic carbocycles. The van der Waals surface area contributed by atoms with Crippen molar-refractivity contribution in [3.63, 3.8) is 0 Å². The maximum absolute atomic E-state index is 12.0. The Bertz CT molecular complexity index is 816. The highest BCUT2D eigenvalue weighted by Crippen LogP contribution is 2.16. The van der Waals surface area contributed by atoms with Crippen molar-refractivity contribution in [3.05, 3.63) is 46.5 Å². The lowest BCUT2D eigenvalue weighted by Crippen LogP contribution is -2.21. The number of anilines is 1. The molecule has 0 aliphatic carbocycles. The first-order valence-electron chi connectivity index (χ1n) is 8.56. The SMILES string of the molecule is COC(=O)Cc1csc(NC(=O)COC(=O)c2ccc(COC(C)C)cc2)n1. The molecule has 0 saturated heterocycles. The maximum atomic E-state index is 12.0. The molecule has 28 heavy (non-hydrogen) atoms. The van der Waals surface area contributed by atoms with Crippen LogP contribution < -0.4 is 5.32 Å². The minimum Gasteiger partial charge on any atom is -0.469 e. The van der Waals surface area contributed by atoms with E-state index in [4.69, 9.17) is 9.47 Å². The van der Waals surface area contributed by atoms with Gasteiger partial charge in [0.2, 0.25) is 0 Å². The second-order valence-electron chi connectivity index (χ2n) is 6.08. The quantitative estimate of drug-likeness (QED) is 0.638. The average Bonchev–Trinajstić information content (AvgIpc) is 3.11. The van der Waals surface area contributed by atoms with E-state index in [0.717, 1.165) is 5.56 Å². The van der Waals surface area contributed by atoms with Crippen LogP contribution in [0.1, 0.15) is 35.5 Å². The van der Waals surface area contributed by atoms with Crippen molar-refractivity contribution in [2.75, 3.05) is 19.0 Å². The van der Waals surface area contributed by atoms with Crippen molar-refractivity contribution in [1.82, 2.24) is 4.98 Å². The summed E-state index contributed by atoms with van der Waals surface area (Å²) >= 11 is 1.17. The largest absolute Gasteiger partial charge is 0.469 e. The Kier molecular flexibility index (Phi) is 8.09. The van der Waals surface area contributed by atoms with Gasteiger partial charge >= 0.3 is 11.9 Å². The topological polar surface area (TPSA) is 104 Å². The van der Waals surface area contributed by atoms with E-state index in [1.54, 1.807) is 29.6 Å². The van der Waals surface area contributed by atoms with Gasteiger partial charge in [-0.15, -0.1) is 11.3 Å². The smallest absolute Gasteiger partial charge is 0.338 e. The molecule has 0 bridgehead atoms. The van der Waals surface area contributed by atoms with E-state index in [2.05, 4.69) is 15.0 Å². The monoisotopic (exact) mass is 406 g/mol. The number of ether oxygens (including phenoxy) is 3. The molecule has 2 rings (SSSR count). The number of thiazole rings is 1. The Labute approximate surface area is 166 Å². The van der Waals surface area contributed by atoms with E-state index in [9.17, 15) is 14.4 Å². The number of carbonyl (C=O) groups excluding carboxylic acids is 3. The lowest BCUT2D eigenvalue weighted by Gasteiger charge is -2.08. The summed E-state index contributed by atoms with van der Waals surface area (Å²) < 4.78 is 15.1. The summed E-state index contributed by atoms with van der Waals surface area (Å²) in [7, 11) is 1.29. The summed E-state index contributed by atoms with van der Waals surface area (Å²) in [5.41, 5.74) is 1.77. The molecule has 1 heterocycles. The summed E-state index contributed by atoms with van der Waals surface area (Å²) in [5, 5.41) is 4.48. The molecule has 1 N–H and O–H groups in total. The molecule has 0 aliphatic rings. The molecule has 0 radical (unpaired) electrons. The molecule has 9 heteroatoms. The van der Waals surface area contributed by atoms with E-state index in [-0.39, 0.29) is 12.5 Å². The van der Waals surface area contributed by atoms with Gasteiger partial charge in [-0.05, 0) is 31.5 Å². The highest BCUT2D eigenvalue weighted by atomic mass is 32.1. The van der Waals surface area contributed by atoms with E-state index in [1.807, 2.05) is 13.8 Å². The van der Waals surface area contributed by atoms with Crippen molar-refractivity contribution >= 4 is 34.3 Å². The number of nitrogens with zero attached hydrogens (tertiary/aromatic N) is 1. The van der Waals surface area contributed by atoms with Crippen LogP contribution in [-0.4, -0.2) is 42.7 Å². The molecule has 8 nitrogen and oxygen atoms in total. The summed E-state index contributed by atoms with van der Waals surface area (Å²) in [6, 6.07) is 6.80. The summed E-state index contributed by atoms with van der Waals surface area (Å²) in [6.07, 6.45) is 0.147. The Morgan fingerprint density at radius 1 is 1.18 bits per heavy atom. The number of hydrogen-bond donors (Lipinski definition) is 1. The van der Waals surface area contributed by atoms with Crippen molar-refractivity contribution in [1.29, 1.82) is 0 Å². The van der Waals surface area contributed by atoms with Crippen LogP contribution in [0.5, 0.6) is 0 Å². The maximum Gasteiger partial charge on any atom is 0.338 e. The third-order valence-corrected chi connectivity index (χ3v) is 4.27. The minimum absolute atomic E-state index is 0.0239. The zero-order chi connectivity index (χ0) is 20.5. The second kappa shape index (κ2) is 10.5. The molecule has 1 amide bonds. The number of amides is 1. The van der Waals surface area contributed by atoms with Crippen LogP contribution in [0.3, 0.4) is 0 Å². The van der Waals surface area contributed by atoms with Crippen LogP contribution in [0.4, 0.5) is 5.13 Å². The lowest BCUT2D eigenvalue weighted by atomic mass is 10.1.